The number of hydrogen-bond donors (Lipinski definition) is 10. The minimum atomic E-state index is -1.26. The van der Waals surface area contributed by atoms with Crippen LogP contribution in [0.1, 0.15) is 173 Å². The van der Waals surface area contributed by atoms with E-state index in [0.29, 0.717) is 63.3 Å². The molecule has 0 unspecified atom stereocenters. The lowest BCUT2D eigenvalue weighted by Gasteiger charge is -2.28. The lowest BCUT2D eigenvalue weighted by molar-refractivity contribution is -0.136. The van der Waals surface area contributed by atoms with E-state index in [1.54, 1.807) is 13.8 Å². The van der Waals surface area contributed by atoms with Gasteiger partial charge in [-0.15, -0.1) is 0 Å². The molecule has 0 heterocycles. The van der Waals surface area contributed by atoms with Gasteiger partial charge in [0.25, 0.3) is 0 Å². The third-order valence-electron chi connectivity index (χ3n) is 13.4. The molecule has 21 heteroatoms. The molecule has 0 spiro atoms. The van der Waals surface area contributed by atoms with Crippen molar-refractivity contribution in [2.75, 3.05) is 26.2 Å². The first kappa shape index (κ1) is 66.9. The third-order valence-corrected chi connectivity index (χ3v) is 13.4. The molecule has 0 saturated heterocycles. The highest BCUT2D eigenvalue weighted by atomic mass is 16.4. The smallest absolute Gasteiger partial charge is 0.224 e. The summed E-state index contributed by atoms with van der Waals surface area (Å²) >= 11 is 0. The Balaban J connectivity index is 5.28. The number of carbonyl (C=O) groups excluding carboxylic acids is 9. The van der Waals surface area contributed by atoms with Crippen LogP contribution >= 0.6 is 0 Å². The minimum Gasteiger partial charge on any atom is -0.411 e. The Morgan fingerprint density at radius 2 is 1.07 bits per heavy atom. The highest BCUT2D eigenvalue weighted by molar-refractivity contribution is 5.97. The summed E-state index contributed by atoms with van der Waals surface area (Å²) in [6.45, 7) is 22.9. The minimum absolute atomic E-state index is 0.0230. The van der Waals surface area contributed by atoms with E-state index >= 15 is 0 Å². The van der Waals surface area contributed by atoms with Crippen LogP contribution in [0.4, 0.5) is 0 Å². The molecule has 12 N–H and O–H groups in total. The van der Waals surface area contributed by atoms with Crippen LogP contribution in [0.15, 0.2) is 10.3 Å². The van der Waals surface area contributed by atoms with Gasteiger partial charge in [0.2, 0.25) is 29.5 Å². The van der Waals surface area contributed by atoms with Crippen molar-refractivity contribution in [2.45, 2.75) is 202 Å². The molecule has 72 heavy (non-hydrogen) atoms. The van der Waals surface area contributed by atoms with E-state index in [0.717, 1.165) is 19.3 Å². The lowest BCUT2D eigenvalue weighted by atomic mass is 9.88. The van der Waals surface area contributed by atoms with Crippen molar-refractivity contribution in [2.24, 2.45) is 51.4 Å². The van der Waals surface area contributed by atoms with Gasteiger partial charge in [-0.2, -0.15) is 0 Å². The number of nitrogens with zero attached hydrogens (tertiary/aromatic N) is 2. The van der Waals surface area contributed by atoms with Gasteiger partial charge in [-0.1, -0.05) is 37.5 Å². The normalized spacial score (nSPS) is 14.9. The van der Waals surface area contributed by atoms with E-state index in [1.165, 1.54) is 27.7 Å². The van der Waals surface area contributed by atoms with Gasteiger partial charge in [0.1, 0.15) is 5.78 Å². The van der Waals surface area contributed by atoms with Crippen LogP contribution in [-0.2, 0) is 43.2 Å². The van der Waals surface area contributed by atoms with Gasteiger partial charge in [-0.25, -0.2) is 0 Å². The summed E-state index contributed by atoms with van der Waals surface area (Å²) in [5.74, 6) is -6.81. The van der Waals surface area contributed by atoms with E-state index in [2.05, 4.69) is 42.2 Å². The molecule has 0 aliphatic carbocycles. The molecule has 0 saturated carbocycles. The second-order valence-electron chi connectivity index (χ2n) is 21.0. The first-order valence-electron chi connectivity index (χ1n) is 25.6. The Kier molecular flexibility index (Phi) is 31.8. The molecule has 0 bridgehead atoms. The summed E-state index contributed by atoms with van der Waals surface area (Å²) < 4.78 is 0. The number of nitrogens with two attached hydrogens (primary N) is 2. The Morgan fingerprint density at radius 1 is 0.569 bits per heavy atom. The zero-order chi connectivity index (χ0) is 55.4. The Hall–Kier alpha value is -5.15. The predicted molar refractivity (Wildman–Crippen MR) is 277 cm³/mol. The molecule has 0 aliphatic heterocycles. The Morgan fingerprint density at radius 3 is 1.57 bits per heavy atom. The van der Waals surface area contributed by atoms with Crippen LogP contribution in [0.2, 0.25) is 0 Å². The van der Waals surface area contributed by atoms with Crippen LogP contribution in [0, 0.1) is 29.6 Å². The molecule has 5 amide bonds. The maximum Gasteiger partial charge on any atom is 0.224 e. The maximum absolute atomic E-state index is 13.4. The fourth-order valence-electron chi connectivity index (χ4n) is 7.75. The number of Topliss-reactive ketones (excluding diaryl/α,β-unsaturated/α-hetero) is 4. The summed E-state index contributed by atoms with van der Waals surface area (Å²) in [7, 11) is 0. The fourth-order valence-corrected chi connectivity index (χ4v) is 7.75. The van der Waals surface area contributed by atoms with Crippen molar-refractivity contribution in [3.05, 3.63) is 0 Å². The van der Waals surface area contributed by atoms with E-state index in [-0.39, 0.29) is 61.4 Å². The summed E-state index contributed by atoms with van der Waals surface area (Å²) in [5.41, 5.74) is 11.1. The van der Waals surface area contributed by atoms with Gasteiger partial charge in [-0.3, -0.25) is 43.2 Å². The molecule has 0 rings (SSSR count). The number of nitrogens with one attached hydrogen (secondary N) is 6. The SMILES string of the molecule is CC(=O)[C@H](CCCCN)CC(=O)[C@H](CC(C)C)NC(=O)[C@H](C)CC(=O)[C@H](C)NC(=O)[C@H](CC(N)=O)CC(=O)[C@H](C)NC(=O)CCCC(=O)NCCC(CCNC(C)(C)/C(C)=N\O)CCNC(C)(C)/C(C)=N\O. The molecule has 6 atom stereocenters. The number of primary amides is 1. The summed E-state index contributed by atoms with van der Waals surface area (Å²) in [5, 5.41) is 42.7. The second kappa shape index (κ2) is 34.3. The van der Waals surface area contributed by atoms with Gasteiger partial charge >= 0.3 is 0 Å². The number of rotatable bonds is 40. The van der Waals surface area contributed by atoms with E-state index in [1.807, 2.05) is 41.5 Å². The van der Waals surface area contributed by atoms with E-state index < -0.39 is 95.0 Å². The summed E-state index contributed by atoms with van der Waals surface area (Å²) in [6, 6.07) is -3.04. The van der Waals surface area contributed by atoms with Crippen LogP contribution in [-0.4, -0.2) is 130 Å². The lowest BCUT2D eigenvalue weighted by Crippen LogP contribution is -2.47. The summed E-state index contributed by atoms with van der Waals surface area (Å²) in [4.78, 5) is 116. The van der Waals surface area contributed by atoms with Gasteiger partial charge in [0.05, 0.1) is 46.5 Å². The molecule has 0 fully saturated rings. The molecular weight excluding hydrogens is 929 g/mol. The molecule has 0 aromatic rings. The average molecular weight is 1020 g/mol. The summed E-state index contributed by atoms with van der Waals surface area (Å²) in [6.07, 6.45) is 3.37. The zero-order valence-corrected chi connectivity index (χ0v) is 45.5. The molecule has 21 nitrogen and oxygen atoms in total. The number of hydrogen-bond acceptors (Lipinski definition) is 16. The standard InChI is InChI=1S/C51H92N10O11/c1-31(2)26-41(44(65)28-39(35(6)62)16-13-14-22-52)59-48(69)32(3)27-42(63)34(5)58-49(70)40(30-45(53)66)29-43(64)33(4)57-47(68)18-15-17-46(67)54-23-19-38(20-24-55-50(9,10)36(7)60-71)21-25-56-51(11,12)37(8)61-72/h31-34,38-41,55-56,71-72H,13-30,52H2,1-12H3,(H2,53,66)(H,54,67)(H,57,68)(H,58,70)(H,59,69)/b60-36-,61-37-/t32-,33+,34+,39-,40+,41+/m1/s1. The van der Waals surface area contributed by atoms with Crippen LogP contribution in [0.5, 0.6) is 0 Å². The van der Waals surface area contributed by atoms with Gasteiger partial charge in [-0.05, 0) is 139 Å². The number of ketones is 4. The van der Waals surface area contributed by atoms with Crippen LogP contribution < -0.4 is 43.4 Å². The largest absolute Gasteiger partial charge is 0.411 e. The van der Waals surface area contributed by atoms with E-state index in [4.69, 9.17) is 11.5 Å². The quantitative estimate of drug-likeness (QED) is 0.0182. The van der Waals surface area contributed by atoms with Crippen molar-refractivity contribution in [3.8, 4) is 0 Å². The maximum atomic E-state index is 13.4. The molecule has 0 radical (unpaired) electrons. The van der Waals surface area contributed by atoms with Crippen LogP contribution in [0.25, 0.3) is 0 Å². The molecule has 0 aromatic heterocycles. The topological polar surface area (TPSA) is 343 Å². The second-order valence-corrected chi connectivity index (χ2v) is 21.0. The monoisotopic (exact) mass is 1020 g/mol. The molecule has 0 aromatic carbocycles. The van der Waals surface area contributed by atoms with Crippen molar-refractivity contribution in [1.82, 2.24) is 31.9 Å². The third kappa shape index (κ3) is 27.6. The van der Waals surface area contributed by atoms with Gasteiger partial charge in [0, 0.05) is 56.9 Å². The first-order chi connectivity index (χ1) is 33.5. The van der Waals surface area contributed by atoms with Gasteiger partial charge in [0.15, 0.2) is 17.3 Å². The van der Waals surface area contributed by atoms with Crippen molar-refractivity contribution < 1.29 is 53.6 Å². The predicted octanol–water partition coefficient (Wildman–Crippen LogP) is 3.38. The first-order valence-corrected chi connectivity index (χ1v) is 25.6. The number of carbonyl (C=O) groups is 9. The zero-order valence-electron chi connectivity index (χ0n) is 45.5. The van der Waals surface area contributed by atoms with Gasteiger partial charge < -0.3 is 53.8 Å². The highest BCUT2D eigenvalue weighted by Crippen LogP contribution is 2.20. The highest BCUT2D eigenvalue weighted by Gasteiger charge is 2.32. The van der Waals surface area contributed by atoms with Crippen molar-refractivity contribution in [3.63, 3.8) is 0 Å². The van der Waals surface area contributed by atoms with Crippen molar-refractivity contribution in [1.29, 1.82) is 0 Å². The number of unbranched alkanes of at least 4 members (excludes halogenated alkanes) is 1. The van der Waals surface area contributed by atoms with Crippen molar-refractivity contribution >= 4 is 64.1 Å². The fraction of sp³-hybridized carbons (Fsp3) is 0.784. The number of amides is 5. The van der Waals surface area contributed by atoms with E-state index in [9.17, 15) is 53.6 Å². The van der Waals surface area contributed by atoms with Crippen LogP contribution in [0.3, 0.4) is 0 Å². The molecule has 412 valence electrons. The Bertz CT molecular complexity index is 1820. The number of oxime groups is 2. The Labute approximate surface area is 428 Å². The average Bonchev–Trinajstić information content (AvgIpc) is 3.29. The molecule has 0 aliphatic rings. The molecular formula is C51H92N10O11.